The van der Waals surface area contributed by atoms with Crippen molar-refractivity contribution in [1.29, 1.82) is 0 Å². The number of ether oxygens (including phenoxy) is 2. The van der Waals surface area contributed by atoms with E-state index in [0.717, 1.165) is 16.6 Å². The number of para-hydroxylation sites is 1. The van der Waals surface area contributed by atoms with E-state index in [1.807, 2.05) is 24.3 Å². The second-order valence-electron chi connectivity index (χ2n) is 6.52. The third-order valence-electron chi connectivity index (χ3n) is 4.63. The van der Waals surface area contributed by atoms with Crippen LogP contribution in [-0.4, -0.2) is 40.9 Å². The van der Waals surface area contributed by atoms with Gasteiger partial charge in [-0.15, -0.1) is 0 Å². The van der Waals surface area contributed by atoms with Gasteiger partial charge in [0.15, 0.2) is 6.61 Å². The number of carbonyl (C=O) groups excluding carboxylic acids is 3. The Kier molecular flexibility index (Phi) is 5.35. The number of hydrogen-bond acceptors (Lipinski definition) is 5. The first-order valence-electron chi connectivity index (χ1n) is 8.99. The van der Waals surface area contributed by atoms with Gasteiger partial charge in [-0.1, -0.05) is 18.2 Å². The number of H-pyrrole nitrogens is 2. The van der Waals surface area contributed by atoms with Crippen LogP contribution in [0.15, 0.2) is 24.3 Å². The van der Waals surface area contributed by atoms with Gasteiger partial charge < -0.3 is 19.4 Å². The molecule has 2 aromatic heterocycles. The molecule has 0 unspecified atom stereocenters. The second-order valence-corrected chi connectivity index (χ2v) is 6.52. The molecule has 0 bridgehead atoms. The first-order valence-corrected chi connectivity index (χ1v) is 8.99. The van der Waals surface area contributed by atoms with E-state index in [9.17, 15) is 14.4 Å². The van der Waals surface area contributed by atoms with Crippen LogP contribution in [0.4, 0.5) is 0 Å². The lowest BCUT2D eigenvalue weighted by molar-refractivity contribution is 0.0469. The summed E-state index contributed by atoms with van der Waals surface area (Å²) in [7, 11) is 0. The third kappa shape index (κ3) is 3.43. The van der Waals surface area contributed by atoms with Crippen LogP contribution in [0.25, 0.3) is 10.9 Å². The Hall–Kier alpha value is -3.35. The fraction of sp³-hybridized carbons (Fsp3) is 0.286. The molecule has 0 saturated carbocycles. The number of carbonyl (C=O) groups is 3. The van der Waals surface area contributed by atoms with E-state index in [1.165, 1.54) is 0 Å². The monoisotopic (exact) mass is 382 g/mol. The highest BCUT2D eigenvalue weighted by atomic mass is 16.5. The van der Waals surface area contributed by atoms with E-state index in [2.05, 4.69) is 9.97 Å². The summed E-state index contributed by atoms with van der Waals surface area (Å²) in [5, 5.41) is 0.789. The fourth-order valence-corrected chi connectivity index (χ4v) is 3.37. The quantitative estimate of drug-likeness (QED) is 0.501. The van der Waals surface area contributed by atoms with Crippen molar-refractivity contribution < 1.29 is 23.9 Å². The van der Waals surface area contributed by atoms with Gasteiger partial charge in [-0.05, 0) is 39.3 Å². The molecule has 7 heteroatoms. The highest BCUT2D eigenvalue weighted by Gasteiger charge is 2.25. The summed E-state index contributed by atoms with van der Waals surface area (Å²) in [4.78, 5) is 43.2. The van der Waals surface area contributed by atoms with Gasteiger partial charge in [0.25, 0.3) is 0 Å². The maximum absolute atomic E-state index is 12.6. The molecular formula is C21H22N2O5. The van der Waals surface area contributed by atoms with Crippen molar-refractivity contribution in [1.82, 2.24) is 9.97 Å². The molecule has 3 rings (SSSR count). The molecule has 0 saturated heterocycles. The first-order chi connectivity index (χ1) is 13.3. The fourth-order valence-electron chi connectivity index (χ4n) is 3.37. The molecule has 1 aromatic carbocycles. The molecular weight excluding hydrogens is 360 g/mol. The number of aryl methyl sites for hydroxylation is 2. The summed E-state index contributed by atoms with van der Waals surface area (Å²) >= 11 is 0. The van der Waals surface area contributed by atoms with Gasteiger partial charge in [0.2, 0.25) is 5.78 Å². The number of benzene rings is 1. The third-order valence-corrected chi connectivity index (χ3v) is 4.63. The highest BCUT2D eigenvalue weighted by Crippen LogP contribution is 2.23. The van der Waals surface area contributed by atoms with Crippen molar-refractivity contribution >= 4 is 28.6 Å². The van der Waals surface area contributed by atoms with Crippen LogP contribution in [0.3, 0.4) is 0 Å². The van der Waals surface area contributed by atoms with Gasteiger partial charge in [0, 0.05) is 27.9 Å². The van der Waals surface area contributed by atoms with Crippen molar-refractivity contribution in [2.24, 2.45) is 0 Å². The Labute approximate surface area is 162 Å². The van der Waals surface area contributed by atoms with Gasteiger partial charge >= 0.3 is 11.9 Å². The van der Waals surface area contributed by atoms with Crippen molar-refractivity contribution in [2.45, 2.75) is 27.7 Å². The summed E-state index contributed by atoms with van der Waals surface area (Å²) in [5.74, 6) is -1.49. The van der Waals surface area contributed by atoms with Crippen molar-refractivity contribution in [2.75, 3.05) is 13.2 Å². The molecule has 0 fully saturated rings. The van der Waals surface area contributed by atoms with E-state index in [0.29, 0.717) is 22.4 Å². The van der Waals surface area contributed by atoms with E-state index >= 15 is 0 Å². The molecule has 0 amide bonds. The molecule has 2 heterocycles. The van der Waals surface area contributed by atoms with Gasteiger partial charge in [-0.2, -0.15) is 0 Å². The van der Waals surface area contributed by atoms with Gasteiger partial charge in [-0.3, -0.25) is 4.79 Å². The molecule has 3 aromatic rings. The summed E-state index contributed by atoms with van der Waals surface area (Å²) in [5.41, 5.74) is 3.49. The number of nitrogens with one attached hydrogen (secondary N) is 2. The number of rotatable bonds is 6. The topological polar surface area (TPSA) is 101 Å². The number of ketones is 1. The van der Waals surface area contributed by atoms with Crippen LogP contribution in [0, 0.1) is 20.8 Å². The molecule has 0 aliphatic heterocycles. The first kappa shape index (κ1) is 19.4. The minimum atomic E-state index is -0.693. The number of aromatic amines is 2. The Balaban J connectivity index is 1.77. The van der Waals surface area contributed by atoms with Gasteiger partial charge in [0.05, 0.1) is 12.2 Å². The Morgan fingerprint density at radius 1 is 0.893 bits per heavy atom. The van der Waals surface area contributed by atoms with Gasteiger partial charge in [-0.25, -0.2) is 9.59 Å². The zero-order valence-corrected chi connectivity index (χ0v) is 16.3. The lowest BCUT2D eigenvalue weighted by Crippen LogP contribution is -2.16. The van der Waals surface area contributed by atoms with Crippen molar-refractivity contribution in [3.05, 3.63) is 58.0 Å². The van der Waals surface area contributed by atoms with Crippen LogP contribution < -0.4 is 0 Å². The van der Waals surface area contributed by atoms with Crippen molar-refractivity contribution in [3.63, 3.8) is 0 Å². The summed E-state index contributed by atoms with van der Waals surface area (Å²) in [6.07, 6.45) is 0. The van der Waals surface area contributed by atoms with Crippen LogP contribution in [0.5, 0.6) is 0 Å². The van der Waals surface area contributed by atoms with E-state index in [1.54, 1.807) is 27.7 Å². The smallest absolute Gasteiger partial charge is 0.355 e. The molecule has 0 spiro atoms. The molecule has 2 N–H and O–H groups in total. The molecule has 0 radical (unpaired) electrons. The number of Topliss-reactive ketones (excluding diaryl/α,β-unsaturated/α-hetero) is 1. The van der Waals surface area contributed by atoms with E-state index in [4.69, 9.17) is 9.47 Å². The average Bonchev–Trinajstić information content (AvgIpc) is 3.15. The summed E-state index contributed by atoms with van der Waals surface area (Å²) < 4.78 is 10.2. The molecule has 0 aliphatic rings. The largest absolute Gasteiger partial charge is 0.462 e. The second kappa shape index (κ2) is 7.72. The molecule has 146 valence electrons. The lowest BCUT2D eigenvalue weighted by atomic mass is 10.1. The zero-order chi connectivity index (χ0) is 20.4. The van der Waals surface area contributed by atoms with Crippen molar-refractivity contribution in [3.8, 4) is 0 Å². The predicted octanol–water partition coefficient (Wildman–Crippen LogP) is 3.64. The number of esters is 2. The maximum Gasteiger partial charge on any atom is 0.355 e. The van der Waals surface area contributed by atoms with Crippen LogP contribution >= 0.6 is 0 Å². The Morgan fingerprint density at radius 2 is 1.57 bits per heavy atom. The van der Waals surface area contributed by atoms with E-state index in [-0.39, 0.29) is 18.1 Å². The molecule has 0 atom stereocenters. The molecule has 7 nitrogen and oxygen atoms in total. The maximum atomic E-state index is 12.6. The van der Waals surface area contributed by atoms with Crippen LogP contribution in [0.2, 0.25) is 0 Å². The standard InChI is InChI=1S/C21H22N2O5/c1-5-27-20(25)17-11(2)19(23-12(17)3)21(26)28-10-16(24)18-13(4)22-15-9-7-6-8-14(15)18/h6-9,22-23H,5,10H2,1-4H3. The SMILES string of the molecule is CCOC(=O)c1c(C)[nH]c(C(=O)OCC(=O)c2c(C)[nH]c3ccccc23)c1C. The summed E-state index contributed by atoms with van der Waals surface area (Å²) in [6.45, 7) is 6.67. The normalized spacial score (nSPS) is 10.9. The van der Waals surface area contributed by atoms with Crippen LogP contribution in [-0.2, 0) is 9.47 Å². The van der Waals surface area contributed by atoms with E-state index < -0.39 is 18.5 Å². The minimum absolute atomic E-state index is 0.143. The highest BCUT2D eigenvalue weighted by molar-refractivity contribution is 6.10. The Morgan fingerprint density at radius 3 is 2.29 bits per heavy atom. The zero-order valence-electron chi connectivity index (χ0n) is 16.3. The molecule has 28 heavy (non-hydrogen) atoms. The van der Waals surface area contributed by atoms with Gasteiger partial charge in [0.1, 0.15) is 5.69 Å². The minimum Gasteiger partial charge on any atom is -0.462 e. The summed E-state index contributed by atoms with van der Waals surface area (Å²) in [6, 6.07) is 7.45. The average molecular weight is 382 g/mol. The molecule has 0 aliphatic carbocycles. The lowest BCUT2D eigenvalue weighted by Gasteiger charge is -2.05. The van der Waals surface area contributed by atoms with Crippen LogP contribution in [0.1, 0.15) is 55.1 Å². The predicted molar refractivity (Wildman–Crippen MR) is 104 cm³/mol. The number of aromatic nitrogens is 2. The number of hydrogen-bond donors (Lipinski definition) is 2. The number of fused-ring (bicyclic) bond motifs is 1. The Bertz CT molecular complexity index is 1070.